The molecule has 0 fully saturated rings. The maximum absolute atomic E-state index is 12.0. The van der Waals surface area contributed by atoms with Crippen LogP contribution in [0.15, 0.2) is 30.3 Å². The summed E-state index contributed by atoms with van der Waals surface area (Å²) >= 11 is 0. The average molecular weight is 282 g/mol. The van der Waals surface area contributed by atoms with E-state index in [2.05, 4.69) is 5.32 Å². The van der Waals surface area contributed by atoms with E-state index in [1.807, 2.05) is 37.3 Å². The molecule has 4 nitrogen and oxygen atoms in total. The molecule has 1 amide bonds. The molecule has 1 aromatic carbocycles. The van der Waals surface area contributed by atoms with Crippen LogP contribution in [0.3, 0.4) is 0 Å². The Morgan fingerprint density at radius 1 is 1.37 bits per heavy atom. The molecule has 0 bridgehead atoms. The fraction of sp³-hybridized carbons (Fsp3) is 0.500. The molecule has 0 aliphatic carbocycles. The minimum absolute atomic E-state index is 0.0561. The van der Waals surface area contributed by atoms with Crippen molar-refractivity contribution in [2.45, 2.75) is 13.3 Å². The first-order valence-corrected chi connectivity index (χ1v) is 8.02. The minimum Gasteiger partial charge on any atom is -0.355 e. The van der Waals surface area contributed by atoms with Crippen molar-refractivity contribution in [3.8, 4) is 0 Å². The van der Waals surface area contributed by atoms with E-state index in [-0.39, 0.29) is 11.8 Å². The van der Waals surface area contributed by atoms with E-state index in [1.54, 1.807) is 0 Å². The molecule has 1 aromatic rings. The quantitative estimate of drug-likeness (QED) is 0.737. The van der Waals surface area contributed by atoms with Crippen LogP contribution in [0.4, 0.5) is 0 Å². The molecular formula is C14H22N2O2S. The van der Waals surface area contributed by atoms with Crippen molar-refractivity contribution < 1.29 is 9.00 Å². The largest absolute Gasteiger partial charge is 0.355 e. The van der Waals surface area contributed by atoms with Crippen molar-refractivity contribution in [2.75, 3.05) is 24.6 Å². The first-order valence-electron chi connectivity index (χ1n) is 6.54. The fourth-order valence-corrected chi connectivity index (χ4v) is 2.38. The van der Waals surface area contributed by atoms with Crippen LogP contribution >= 0.6 is 0 Å². The van der Waals surface area contributed by atoms with Crippen molar-refractivity contribution in [3.63, 3.8) is 0 Å². The monoisotopic (exact) mass is 282 g/mol. The normalized spacial score (nSPS) is 13.8. The summed E-state index contributed by atoms with van der Waals surface area (Å²) in [5.41, 5.74) is 6.76. The van der Waals surface area contributed by atoms with Crippen LogP contribution < -0.4 is 11.1 Å². The Bertz CT molecular complexity index is 409. The number of hydrogen-bond acceptors (Lipinski definition) is 3. The van der Waals surface area contributed by atoms with Crippen LogP contribution in [0.25, 0.3) is 0 Å². The molecular weight excluding hydrogens is 260 g/mol. The maximum atomic E-state index is 12.0. The van der Waals surface area contributed by atoms with E-state index in [9.17, 15) is 9.00 Å². The van der Waals surface area contributed by atoms with Gasteiger partial charge in [0.25, 0.3) is 0 Å². The zero-order valence-electron chi connectivity index (χ0n) is 11.3. The summed E-state index contributed by atoms with van der Waals surface area (Å²) < 4.78 is 11.3. The zero-order valence-corrected chi connectivity index (χ0v) is 12.1. The van der Waals surface area contributed by atoms with Gasteiger partial charge in [-0.15, -0.1) is 0 Å². The second kappa shape index (κ2) is 8.82. The van der Waals surface area contributed by atoms with E-state index in [1.165, 1.54) is 0 Å². The summed E-state index contributed by atoms with van der Waals surface area (Å²) in [6.07, 6.45) is 0.639. The molecule has 0 aliphatic rings. The molecule has 2 unspecified atom stereocenters. The third-order valence-corrected chi connectivity index (χ3v) is 4.23. The van der Waals surface area contributed by atoms with Crippen molar-refractivity contribution in [2.24, 2.45) is 11.7 Å². The molecule has 1 rings (SSSR count). The predicted octanol–water partition coefficient (Wildman–Crippen LogP) is 0.689. The standard InChI is InChI=1S/C14H22N2O2S/c1-2-19(18)9-8-16-14(17)13(11-15)10-12-6-4-3-5-7-12/h3-7,13H,2,8-11,15H2,1H3,(H,16,17). The number of amides is 1. The first kappa shape index (κ1) is 15.9. The van der Waals surface area contributed by atoms with Crippen molar-refractivity contribution in [1.82, 2.24) is 5.32 Å². The maximum Gasteiger partial charge on any atom is 0.224 e. The summed E-state index contributed by atoms with van der Waals surface area (Å²) in [5.74, 6) is 0.849. The highest BCUT2D eigenvalue weighted by Crippen LogP contribution is 2.07. The van der Waals surface area contributed by atoms with Gasteiger partial charge in [0.2, 0.25) is 5.91 Å². The van der Waals surface area contributed by atoms with Crippen LogP contribution in [0.5, 0.6) is 0 Å². The number of carbonyl (C=O) groups is 1. The van der Waals surface area contributed by atoms with Crippen LogP contribution in [0.2, 0.25) is 0 Å². The molecule has 2 atom stereocenters. The summed E-state index contributed by atoms with van der Waals surface area (Å²) in [5, 5.41) is 2.81. The molecule has 5 heteroatoms. The summed E-state index contributed by atoms with van der Waals surface area (Å²) in [4.78, 5) is 12.0. The SMILES string of the molecule is CCS(=O)CCNC(=O)C(CN)Cc1ccccc1. The van der Waals surface area contributed by atoms with Crippen LogP contribution in [0.1, 0.15) is 12.5 Å². The highest BCUT2D eigenvalue weighted by Gasteiger charge is 2.16. The van der Waals surface area contributed by atoms with Gasteiger partial charge in [0, 0.05) is 35.4 Å². The van der Waals surface area contributed by atoms with Gasteiger partial charge in [0.05, 0.1) is 5.92 Å². The van der Waals surface area contributed by atoms with Crippen molar-refractivity contribution in [1.29, 1.82) is 0 Å². The number of nitrogens with two attached hydrogens (primary N) is 1. The van der Waals surface area contributed by atoms with Crippen LogP contribution in [-0.2, 0) is 22.0 Å². The second-order valence-electron chi connectivity index (χ2n) is 4.35. The van der Waals surface area contributed by atoms with Gasteiger partial charge < -0.3 is 11.1 Å². The Kier molecular flexibility index (Phi) is 7.36. The van der Waals surface area contributed by atoms with Gasteiger partial charge in [-0.1, -0.05) is 37.3 Å². The van der Waals surface area contributed by atoms with E-state index in [0.717, 1.165) is 5.56 Å². The van der Waals surface area contributed by atoms with Gasteiger partial charge in [-0.3, -0.25) is 9.00 Å². The Morgan fingerprint density at radius 3 is 2.63 bits per heavy atom. The first-order chi connectivity index (χ1) is 9.17. The van der Waals surface area contributed by atoms with Gasteiger partial charge in [0.1, 0.15) is 0 Å². The highest BCUT2D eigenvalue weighted by molar-refractivity contribution is 7.84. The van der Waals surface area contributed by atoms with Gasteiger partial charge in [0.15, 0.2) is 0 Å². The van der Waals surface area contributed by atoms with Crippen LogP contribution in [-0.4, -0.2) is 34.7 Å². The number of rotatable bonds is 8. The molecule has 0 saturated heterocycles. The summed E-state index contributed by atoms with van der Waals surface area (Å²) in [6, 6.07) is 9.82. The third kappa shape index (κ3) is 5.98. The molecule has 3 N–H and O–H groups in total. The number of carbonyl (C=O) groups excluding carboxylic acids is 1. The molecule has 0 spiro atoms. The van der Waals surface area contributed by atoms with Crippen molar-refractivity contribution in [3.05, 3.63) is 35.9 Å². The van der Waals surface area contributed by atoms with Gasteiger partial charge in [-0.2, -0.15) is 0 Å². The molecule has 106 valence electrons. The Hall–Kier alpha value is -1.20. The van der Waals surface area contributed by atoms with E-state index in [4.69, 9.17) is 5.73 Å². The molecule has 0 aromatic heterocycles. The van der Waals surface area contributed by atoms with Crippen LogP contribution in [0, 0.1) is 5.92 Å². The highest BCUT2D eigenvalue weighted by atomic mass is 32.2. The molecule has 0 heterocycles. The lowest BCUT2D eigenvalue weighted by Crippen LogP contribution is -2.38. The number of hydrogen-bond donors (Lipinski definition) is 2. The molecule has 19 heavy (non-hydrogen) atoms. The fourth-order valence-electron chi connectivity index (χ4n) is 1.76. The molecule has 0 radical (unpaired) electrons. The summed E-state index contributed by atoms with van der Waals surface area (Å²) in [7, 11) is -0.842. The third-order valence-electron chi connectivity index (χ3n) is 2.93. The number of benzene rings is 1. The van der Waals surface area contributed by atoms with Gasteiger partial charge in [-0.05, 0) is 12.0 Å². The van der Waals surface area contributed by atoms with E-state index >= 15 is 0 Å². The lowest BCUT2D eigenvalue weighted by molar-refractivity contribution is -0.124. The van der Waals surface area contributed by atoms with Gasteiger partial charge >= 0.3 is 0 Å². The topological polar surface area (TPSA) is 72.2 Å². The second-order valence-corrected chi connectivity index (χ2v) is 6.21. The number of nitrogens with one attached hydrogen (secondary N) is 1. The predicted molar refractivity (Wildman–Crippen MR) is 79.3 cm³/mol. The summed E-state index contributed by atoms with van der Waals surface area (Å²) in [6.45, 7) is 2.64. The minimum atomic E-state index is -0.842. The Morgan fingerprint density at radius 2 is 2.05 bits per heavy atom. The Balaban J connectivity index is 2.41. The smallest absolute Gasteiger partial charge is 0.224 e. The zero-order chi connectivity index (χ0) is 14.1. The lowest BCUT2D eigenvalue weighted by Gasteiger charge is -2.14. The lowest BCUT2D eigenvalue weighted by atomic mass is 9.99. The van der Waals surface area contributed by atoms with Crippen molar-refractivity contribution >= 4 is 16.7 Å². The van der Waals surface area contributed by atoms with E-state index in [0.29, 0.717) is 31.0 Å². The Labute approximate surface area is 117 Å². The van der Waals surface area contributed by atoms with Gasteiger partial charge in [-0.25, -0.2) is 0 Å². The molecule has 0 aliphatic heterocycles. The van der Waals surface area contributed by atoms with E-state index < -0.39 is 10.8 Å². The average Bonchev–Trinajstić information content (AvgIpc) is 2.45. The molecule has 0 saturated carbocycles.